The summed E-state index contributed by atoms with van der Waals surface area (Å²) in [6, 6.07) is 3.06. The molecule has 0 saturated heterocycles. The number of rotatable bonds is 1. The van der Waals surface area contributed by atoms with Gasteiger partial charge in [0.15, 0.2) is 11.6 Å². The minimum absolute atomic E-state index is 0.313. The van der Waals surface area contributed by atoms with Gasteiger partial charge >= 0.3 is 6.36 Å². The summed E-state index contributed by atoms with van der Waals surface area (Å²) in [7, 11) is 0. The second-order valence-electron chi connectivity index (χ2n) is 2.12. The van der Waals surface area contributed by atoms with Crippen molar-refractivity contribution in [1.82, 2.24) is 0 Å². The first kappa shape index (κ1) is 10.3. The molecule has 0 amide bonds. The van der Waals surface area contributed by atoms with Gasteiger partial charge in [-0.15, -0.1) is 13.2 Å². The zero-order chi connectivity index (χ0) is 10.1. The molecule has 1 aromatic carbocycles. The molecule has 0 aliphatic rings. The maximum absolute atomic E-state index is 12.7. The van der Waals surface area contributed by atoms with Crippen LogP contribution in [0, 0.1) is 5.82 Å². The molecule has 0 radical (unpaired) electrons. The Labute approximate surface area is 79.4 Å². The van der Waals surface area contributed by atoms with E-state index in [1.165, 1.54) is 6.07 Å². The Morgan fingerprint density at radius 1 is 1.23 bits per heavy atom. The molecule has 0 atom stereocenters. The van der Waals surface area contributed by atoms with Crippen molar-refractivity contribution in [1.29, 1.82) is 0 Å². The second kappa shape index (κ2) is 3.53. The summed E-state index contributed by atoms with van der Waals surface area (Å²) in [5, 5.41) is 0. The van der Waals surface area contributed by atoms with Crippen LogP contribution in [0.15, 0.2) is 22.7 Å². The van der Waals surface area contributed by atoms with E-state index in [4.69, 9.17) is 0 Å². The summed E-state index contributed by atoms with van der Waals surface area (Å²) in [6.07, 6.45) is -4.87. The third kappa shape index (κ3) is 3.22. The molecule has 6 heteroatoms. The fourth-order valence-electron chi connectivity index (χ4n) is 0.680. The molecule has 0 spiro atoms. The van der Waals surface area contributed by atoms with E-state index in [2.05, 4.69) is 20.7 Å². The van der Waals surface area contributed by atoms with Crippen molar-refractivity contribution >= 4 is 15.9 Å². The highest BCUT2D eigenvalue weighted by Gasteiger charge is 2.32. The molecule has 72 valence electrons. The molecule has 1 nitrogen and oxygen atoms in total. The van der Waals surface area contributed by atoms with Gasteiger partial charge in [0, 0.05) is 4.47 Å². The average molecular weight is 259 g/mol. The van der Waals surface area contributed by atoms with Crippen molar-refractivity contribution in [2.24, 2.45) is 0 Å². The fraction of sp³-hybridized carbons (Fsp3) is 0.143. The van der Waals surface area contributed by atoms with E-state index in [0.29, 0.717) is 4.47 Å². The minimum atomic E-state index is -4.87. The van der Waals surface area contributed by atoms with E-state index in [1.54, 1.807) is 0 Å². The Hall–Kier alpha value is -0.780. The lowest BCUT2D eigenvalue weighted by Gasteiger charge is -2.09. The molecule has 0 bridgehead atoms. The molecule has 1 rings (SSSR count). The lowest BCUT2D eigenvalue weighted by molar-refractivity contribution is -0.275. The minimum Gasteiger partial charge on any atom is -0.403 e. The quantitative estimate of drug-likeness (QED) is 0.701. The van der Waals surface area contributed by atoms with Gasteiger partial charge in [0.25, 0.3) is 0 Å². The predicted molar refractivity (Wildman–Crippen MR) is 40.8 cm³/mol. The Morgan fingerprint density at radius 2 is 1.85 bits per heavy atom. The Bertz CT molecular complexity index is 310. The smallest absolute Gasteiger partial charge is 0.403 e. The van der Waals surface area contributed by atoms with Crippen LogP contribution in [0.2, 0.25) is 0 Å². The van der Waals surface area contributed by atoms with Crippen LogP contribution in [0.25, 0.3) is 0 Å². The predicted octanol–water partition coefficient (Wildman–Crippen LogP) is 3.49. The fourth-order valence-corrected chi connectivity index (χ4v) is 1.02. The molecular weight excluding hydrogens is 256 g/mol. The number of benzene rings is 1. The highest BCUT2D eigenvalue weighted by atomic mass is 79.9. The van der Waals surface area contributed by atoms with Crippen LogP contribution in [-0.4, -0.2) is 6.36 Å². The van der Waals surface area contributed by atoms with Crippen molar-refractivity contribution in [3.63, 3.8) is 0 Å². The van der Waals surface area contributed by atoms with Crippen molar-refractivity contribution in [3.05, 3.63) is 28.5 Å². The van der Waals surface area contributed by atoms with Gasteiger partial charge in [-0.1, -0.05) is 15.9 Å². The van der Waals surface area contributed by atoms with E-state index < -0.39 is 17.9 Å². The summed E-state index contributed by atoms with van der Waals surface area (Å²) in [5.41, 5.74) is 0. The van der Waals surface area contributed by atoms with Gasteiger partial charge in [0.1, 0.15) is 0 Å². The first-order valence-corrected chi connectivity index (χ1v) is 3.88. The third-order valence-electron chi connectivity index (χ3n) is 1.12. The van der Waals surface area contributed by atoms with Crippen LogP contribution in [0.1, 0.15) is 0 Å². The summed E-state index contributed by atoms with van der Waals surface area (Å²) in [6.45, 7) is 0. The number of halogens is 5. The van der Waals surface area contributed by atoms with E-state index in [1.807, 2.05) is 0 Å². The average Bonchev–Trinajstić information content (AvgIpc) is 1.94. The Morgan fingerprint density at radius 3 is 2.38 bits per heavy atom. The summed E-state index contributed by atoms with van der Waals surface area (Å²) < 4.78 is 51.3. The molecule has 0 unspecified atom stereocenters. The van der Waals surface area contributed by atoms with Gasteiger partial charge in [0.05, 0.1) is 0 Å². The maximum Gasteiger partial charge on any atom is 0.573 e. The van der Waals surface area contributed by atoms with Crippen LogP contribution < -0.4 is 4.74 Å². The molecule has 0 N–H and O–H groups in total. The molecule has 0 fully saturated rings. The largest absolute Gasteiger partial charge is 0.573 e. The van der Waals surface area contributed by atoms with Crippen LogP contribution in [0.3, 0.4) is 0 Å². The normalized spacial score (nSPS) is 11.5. The van der Waals surface area contributed by atoms with E-state index in [-0.39, 0.29) is 0 Å². The van der Waals surface area contributed by atoms with Gasteiger partial charge in [-0.2, -0.15) is 0 Å². The SMILES string of the molecule is Fc1ccc(Br)cc1OC(F)(F)F. The van der Waals surface area contributed by atoms with Crippen molar-refractivity contribution in [3.8, 4) is 5.75 Å². The van der Waals surface area contributed by atoms with Gasteiger partial charge in [-0.3, -0.25) is 0 Å². The standard InChI is InChI=1S/C7H3BrF4O/c8-4-1-2-5(9)6(3-4)13-7(10,11)12/h1-3H. The number of hydrogen-bond donors (Lipinski definition) is 0. The third-order valence-corrected chi connectivity index (χ3v) is 1.61. The molecule has 0 aliphatic heterocycles. The zero-order valence-corrected chi connectivity index (χ0v) is 7.62. The van der Waals surface area contributed by atoms with E-state index in [0.717, 1.165) is 12.1 Å². The van der Waals surface area contributed by atoms with Crippen molar-refractivity contribution in [2.75, 3.05) is 0 Å². The van der Waals surface area contributed by atoms with Gasteiger partial charge in [0.2, 0.25) is 0 Å². The number of hydrogen-bond acceptors (Lipinski definition) is 1. The molecule has 1 aromatic rings. The Balaban J connectivity index is 2.94. The van der Waals surface area contributed by atoms with Crippen LogP contribution >= 0.6 is 15.9 Å². The molecule has 13 heavy (non-hydrogen) atoms. The van der Waals surface area contributed by atoms with Gasteiger partial charge < -0.3 is 4.74 Å². The first-order valence-electron chi connectivity index (χ1n) is 3.09. The molecule has 0 aliphatic carbocycles. The van der Waals surface area contributed by atoms with Crippen molar-refractivity contribution < 1.29 is 22.3 Å². The monoisotopic (exact) mass is 258 g/mol. The molecular formula is C7H3BrF4O. The molecule has 0 saturated carbocycles. The molecule has 0 heterocycles. The van der Waals surface area contributed by atoms with Crippen LogP contribution in [0.4, 0.5) is 17.6 Å². The lowest BCUT2D eigenvalue weighted by Crippen LogP contribution is -2.17. The highest BCUT2D eigenvalue weighted by molar-refractivity contribution is 9.10. The summed E-state index contributed by atoms with van der Waals surface area (Å²) in [5.74, 6) is -1.90. The van der Waals surface area contributed by atoms with Gasteiger partial charge in [-0.05, 0) is 18.2 Å². The van der Waals surface area contributed by atoms with Gasteiger partial charge in [-0.25, -0.2) is 4.39 Å². The first-order chi connectivity index (χ1) is 5.88. The zero-order valence-electron chi connectivity index (χ0n) is 6.03. The van der Waals surface area contributed by atoms with Crippen LogP contribution in [0.5, 0.6) is 5.75 Å². The topological polar surface area (TPSA) is 9.23 Å². The highest BCUT2D eigenvalue weighted by Crippen LogP contribution is 2.27. The van der Waals surface area contributed by atoms with E-state index >= 15 is 0 Å². The second-order valence-corrected chi connectivity index (χ2v) is 3.04. The number of alkyl halides is 3. The van der Waals surface area contributed by atoms with Crippen LogP contribution in [-0.2, 0) is 0 Å². The number of ether oxygens (including phenoxy) is 1. The van der Waals surface area contributed by atoms with Crippen molar-refractivity contribution in [2.45, 2.75) is 6.36 Å². The maximum atomic E-state index is 12.7. The lowest BCUT2D eigenvalue weighted by atomic mass is 10.3. The summed E-state index contributed by atoms with van der Waals surface area (Å²) in [4.78, 5) is 0. The summed E-state index contributed by atoms with van der Waals surface area (Å²) >= 11 is 2.89. The molecule has 0 aromatic heterocycles. The van der Waals surface area contributed by atoms with E-state index in [9.17, 15) is 17.6 Å². The Kier molecular flexibility index (Phi) is 2.80.